The summed E-state index contributed by atoms with van der Waals surface area (Å²) in [6.45, 7) is 2.83. The number of hydrogen-bond donors (Lipinski definition) is 2. The lowest BCUT2D eigenvalue weighted by Crippen LogP contribution is -2.24. The van der Waals surface area contributed by atoms with Crippen LogP contribution in [-0.4, -0.2) is 17.6 Å². The molecule has 17 heavy (non-hydrogen) atoms. The van der Waals surface area contributed by atoms with Gasteiger partial charge in [0.05, 0.1) is 5.56 Å². The largest absolute Gasteiger partial charge is 0.507 e. The van der Waals surface area contributed by atoms with Crippen LogP contribution in [0.1, 0.15) is 43.0 Å². The SMILES string of the molecule is CCCCCCNC(=O)c1cc(I)ccc1O. The van der Waals surface area contributed by atoms with Crippen molar-refractivity contribution in [1.29, 1.82) is 0 Å². The molecule has 0 spiro atoms. The van der Waals surface area contributed by atoms with Gasteiger partial charge in [0.15, 0.2) is 0 Å². The Morgan fingerprint density at radius 3 is 2.82 bits per heavy atom. The third-order valence-electron chi connectivity index (χ3n) is 2.52. The molecule has 0 aliphatic rings. The zero-order chi connectivity index (χ0) is 12.7. The van der Waals surface area contributed by atoms with E-state index in [1.807, 2.05) is 0 Å². The van der Waals surface area contributed by atoms with Gasteiger partial charge in [0.25, 0.3) is 5.91 Å². The number of unbranched alkanes of at least 4 members (excludes halogenated alkanes) is 3. The van der Waals surface area contributed by atoms with E-state index in [9.17, 15) is 9.90 Å². The van der Waals surface area contributed by atoms with Gasteiger partial charge in [0.2, 0.25) is 0 Å². The Morgan fingerprint density at radius 1 is 1.35 bits per heavy atom. The predicted molar refractivity (Wildman–Crippen MR) is 77.3 cm³/mol. The van der Waals surface area contributed by atoms with Crippen LogP contribution in [0.25, 0.3) is 0 Å². The number of hydrogen-bond acceptors (Lipinski definition) is 2. The van der Waals surface area contributed by atoms with E-state index in [4.69, 9.17) is 0 Å². The maximum absolute atomic E-state index is 11.8. The van der Waals surface area contributed by atoms with Crippen LogP contribution in [0.2, 0.25) is 0 Å². The number of rotatable bonds is 6. The van der Waals surface area contributed by atoms with Crippen molar-refractivity contribution in [3.8, 4) is 5.75 Å². The first-order valence-electron chi connectivity index (χ1n) is 5.92. The van der Waals surface area contributed by atoms with Crippen molar-refractivity contribution in [2.45, 2.75) is 32.6 Å². The second kappa shape index (κ2) is 7.53. The van der Waals surface area contributed by atoms with Crippen LogP contribution in [0.15, 0.2) is 18.2 Å². The van der Waals surface area contributed by atoms with Gasteiger partial charge in [-0.1, -0.05) is 26.2 Å². The monoisotopic (exact) mass is 347 g/mol. The lowest BCUT2D eigenvalue weighted by atomic mass is 10.1. The van der Waals surface area contributed by atoms with Gasteiger partial charge in [-0.2, -0.15) is 0 Å². The summed E-state index contributed by atoms with van der Waals surface area (Å²) in [5.41, 5.74) is 0.354. The number of phenolic OH excluding ortho intramolecular Hbond substituents is 1. The standard InChI is InChI=1S/C13H18INO2/c1-2-3-4-5-8-15-13(17)11-9-10(14)6-7-12(11)16/h6-7,9,16H,2-5,8H2,1H3,(H,15,17). The van der Waals surface area contributed by atoms with Crippen molar-refractivity contribution < 1.29 is 9.90 Å². The molecule has 2 N–H and O–H groups in total. The Labute approximate surface area is 116 Å². The smallest absolute Gasteiger partial charge is 0.255 e. The van der Waals surface area contributed by atoms with E-state index in [0.29, 0.717) is 12.1 Å². The molecule has 1 aromatic rings. The summed E-state index contributed by atoms with van der Waals surface area (Å²) in [6, 6.07) is 5.01. The molecule has 94 valence electrons. The van der Waals surface area contributed by atoms with E-state index < -0.39 is 0 Å². The van der Waals surface area contributed by atoms with Gasteiger partial charge in [-0.25, -0.2) is 0 Å². The molecule has 0 atom stereocenters. The Kier molecular flexibility index (Phi) is 6.32. The Morgan fingerprint density at radius 2 is 2.12 bits per heavy atom. The molecule has 0 radical (unpaired) electrons. The minimum absolute atomic E-state index is 0.0384. The quantitative estimate of drug-likeness (QED) is 0.613. The molecule has 0 heterocycles. The van der Waals surface area contributed by atoms with Gasteiger partial charge in [0, 0.05) is 10.1 Å². The highest BCUT2D eigenvalue weighted by atomic mass is 127. The zero-order valence-corrected chi connectivity index (χ0v) is 12.2. The molecule has 3 nitrogen and oxygen atoms in total. The van der Waals surface area contributed by atoms with Crippen LogP contribution in [0.5, 0.6) is 5.75 Å². The molecule has 1 rings (SSSR count). The Balaban J connectivity index is 2.44. The average Bonchev–Trinajstić information content (AvgIpc) is 2.32. The number of aromatic hydroxyl groups is 1. The maximum Gasteiger partial charge on any atom is 0.255 e. The molecule has 1 amide bonds. The molecule has 0 unspecified atom stereocenters. The molecule has 0 saturated heterocycles. The maximum atomic E-state index is 11.8. The van der Waals surface area contributed by atoms with Crippen LogP contribution in [0, 0.1) is 3.57 Å². The topological polar surface area (TPSA) is 49.3 Å². The third-order valence-corrected chi connectivity index (χ3v) is 3.19. The van der Waals surface area contributed by atoms with Crippen LogP contribution in [-0.2, 0) is 0 Å². The summed E-state index contributed by atoms with van der Waals surface area (Å²) in [7, 11) is 0. The summed E-state index contributed by atoms with van der Waals surface area (Å²) < 4.78 is 0.941. The third kappa shape index (κ3) is 4.93. The molecule has 0 fully saturated rings. The van der Waals surface area contributed by atoms with Crippen LogP contribution < -0.4 is 5.32 Å². The molecule has 0 saturated carbocycles. The van der Waals surface area contributed by atoms with Crippen LogP contribution in [0.3, 0.4) is 0 Å². The first-order valence-corrected chi connectivity index (χ1v) is 6.99. The number of phenols is 1. The van der Waals surface area contributed by atoms with Crippen molar-refractivity contribution in [3.63, 3.8) is 0 Å². The molecule has 1 aromatic carbocycles. The number of benzene rings is 1. The average molecular weight is 347 g/mol. The molecule has 0 aliphatic heterocycles. The van der Waals surface area contributed by atoms with Crippen molar-refractivity contribution in [3.05, 3.63) is 27.3 Å². The second-order valence-electron chi connectivity index (χ2n) is 3.98. The van der Waals surface area contributed by atoms with Gasteiger partial charge < -0.3 is 10.4 Å². The second-order valence-corrected chi connectivity index (χ2v) is 5.22. The highest BCUT2D eigenvalue weighted by molar-refractivity contribution is 14.1. The van der Waals surface area contributed by atoms with E-state index in [-0.39, 0.29) is 11.7 Å². The summed E-state index contributed by atoms with van der Waals surface area (Å²) in [4.78, 5) is 11.8. The lowest BCUT2D eigenvalue weighted by molar-refractivity contribution is 0.0950. The van der Waals surface area contributed by atoms with Gasteiger partial charge in [-0.3, -0.25) is 4.79 Å². The molecule has 0 bridgehead atoms. The fraction of sp³-hybridized carbons (Fsp3) is 0.462. The molecular formula is C13H18INO2. The minimum Gasteiger partial charge on any atom is -0.507 e. The molecule has 4 heteroatoms. The predicted octanol–water partition coefficient (Wildman–Crippen LogP) is 3.31. The lowest BCUT2D eigenvalue weighted by Gasteiger charge is -2.07. The number of nitrogens with one attached hydrogen (secondary N) is 1. The number of carbonyl (C=O) groups excluding carboxylic acids is 1. The fourth-order valence-electron chi connectivity index (χ4n) is 1.54. The van der Waals surface area contributed by atoms with Gasteiger partial charge in [-0.05, 0) is 47.2 Å². The van der Waals surface area contributed by atoms with Gasteiger partial charge in [0.1, 0.15) is 5.75 Å². The molecular weight excluding hydrogens is 329 g/mol. The Bertz CT molecular complexity index is 380. The fourth-order valence-corrected chi connectivity index (χ4v) is 2.03. The summed E-state index contributed by atoms with van der Waals surface area (Å²) >= 11 is 2.12. The minimum atomic E-state index is -0.197. The van der Waals surface area contributed by atoms with E-state index in [0.717, 1.165) is 16.4 Å². The van der Waals surface area contributed by atoms with E-state index in [1.54, 1.807) is 18.2 Å². The van der Waals surface area contributed by atoms with Gasteiger partial charge in [-0.15, -0.1) is 0 Å². The van der Waals surface area contributed by atoms with Crippen molar-refractivity contribution in [1.82, 2.24) is 5.32 Å². The Hall–Kier alpha value is -0.780. The first kappa shape index (κ1) is 14.3. The van der Waals surface area contributed by atoms with Crippen LogP contribution >= 0.6 is 22.6 Å². The number of halogens is 1. The van der Waals surface area contributed by atoms with E-state index in [1.165, 1.54) is 12.8 Å². The highest BCUT2D eigenvalue weighted by Gasteiger charge is 2.10. The van der Waals surface area contributed by atoms with Crippen molar-refractivity contribution >= 4 is 28.5 Å². The van der Waals surface area contributed by atoms with Crippen LogP contribution in [0.4, 0.5) is 0 Å². The number of carbonyl (C=O) groups is 1. The van der Waals surface area contributed by atoms with Gasteiger partial charge >= 0.3 is 0 Å². The summed E-state index contributed by atoms with van der Waals surface area (Å²) in [5.74, 6) is -0.158. The van der Waals surface area contributed by atoms with Crippen molar-refractivity contribution in [2.24, 2.45) is 0 Å². The number of amides is 1. The molecule has 0 aliphatic carbocycles. The van der Waals surface area contributed by atoms with E-state index >= 15 is 0 Å². The zero-order valence-electron chi connectivity index (χ0n) is 10.0. The molecule has 0 aromatic heterocycles. The highest BCUT2D eigenvalue weighted by Crippen LogP contribution is 2.19. The first-order chi connectivity index (χ1) is 8.15. The van der Waals surface area contributed by atoms with E-state index in [2.05, 4.69) is 34.8 Å². The summed E-state index contributed by atoms with van der Waals surface area (Å²) in [6.07, 6.45) is 4.51. The normalized spacial score (nSPS) is 10.2. The summed E-state index contributed by atoms with van der Waals surface area (Å²) in [5, 5.41) is 12.4. The van der Waals surface area contributed by atoms with Crippen molar-refractivity contribution in [2.75, 3.05) is 6.54 Å².